The van der Waals surface area contributed by atoms with Crippen LogP contribution in [0.15, 0.2) is 30.3 Å². The van der Waals surface area contributed by atoms with Crippen LogP contribution in [-0.4, -0.2) is 121 Å². The van der Waals surface area contributed by atoms with Gasteiger partial charge in [-0.15, -0.1) is 0 Å². The topological polar surface area (TPSA) is 176 Å². The van der Waals surface area contributed by atoms with Crippen LogP contribution in [0.25, 0.3) is 6.08 Å². The molecule has 1 aromatic carbocycles. The van der Waals surface area contributed by atoms with Crippen LogP contribution in [0.4, 0.5) is 0 Å². The highest BCUT2D eigenvalue weighted by Crippen LogP contribution is 2.55. The highest BCUT2D eigenvalue weighted by molar-refractivity contribution is 5.96. The first kappa shape index (κ1) is 30.1. The predicted molar refractivity (Wildman–Crippen MR) is 144 cm³/mol. The van der Waals surface area contributed by atoms with Gasteiger partial charge in [-0.2, -0.15) is 5.06 Å². The summed E-state index contributed by atoms with van der Waals surface area (Å²) in [6, 6.07) is 4.75. The molecular formula is C28H36N4O10. The summed E-state index contributed by atoms with van der Waals surface area (Å²) in [5.41, 5.74) is -0.0298. The van der Waals surface area contributed by atoms with Gasteiger partial charge in [0, 0.05) is 33.1 Å². The van der Waals surface area contributed by atoms with Crippen molar-refractivity contribution < 1.29 is 48.4 Å². The monoisotopic (exact) mass is 588 g/mol. The first-order valence-electron chi connectivity index (χ1n) is 13.8. The first-order valence-corrected chi connectivity index (χ1v) is 13.8. The molecule has 3 heterocycles. The van der Waals surface area contributed by atoms with E-state index in [0.29, 0.717) is 0 Å². The van der Waals surface area contributed by atoms with Gasteiger partial charge in [0.1, 0.15) is 42.7 Å². The second-order valence-electron chi connectivity index (χ2n) is 11.1. The van der Waals surface area contributed by atoms with Crippen molar-refractivity contribution in [1.29, 1.82) is 0 Å². The number of benzene rings is 1. The zero-order valence-electron chi connectivity index (χ0n) is 23.6. The van der Waals surface area contributed by atoms with Crippen LogP contribution in [0.1, 0.15) is 24.5 Å². The molecule has 1 aliphatic carbocycles. The Bertz CT molecular complexity index is 1250. The van der Waals surface area contributed by atoms with Crippen LogP contribution in [0, 0.1) is 5.41 Å². The van der Waals surface area contributed by atoms with Crippen molar-refractivity contribution in [3.63, 3.8) is 0 Å². The van der Waals surface area contributed by atoms with E-state index in [1.54, 1.807) is 26.2 Å². The molecule has 4 aliphatic rings. The van der Waals surface area contributed by atoms with Crippen molar-refractivity contribution in [3.8, 4) is 0 Å². The summed E-state index contributed by atoms with van der Waals surface area (Å²) in [5.74, 6) is -2.20. The summed E-state index contributed by atoms with van der Waals surface area (Å²) >= 11 is 0. The summed E-state index contributed by atoms with van der Waals surface area (Å²) in [6.07, 6.45) is -1.18. The molecular weight excluding hydrogens is 552 g/mol. The largest absolute Gasteiger partial charge is 0.458 e. The molecule has 14 nitrogen and oxygen atoms in total. The number of nitrogens with one attached hydrogen (secondary N) is 2. The number of hydrogen-bond donors (Lipinski definition) is 4. The van der Waals surface area contributed by atoms with Crippen LogP contribution in [-0.2, 0) is 44.8 Å². The average molecular weight is 589 g/mol. The number of hydrogen-bond acceptors (Lipinski definition) is 11. The quantitative estimate of drug-likeness (QED) is 0.181. The number of likely N-dealkylation sites (N-methyl/N-ethyl adjacent to an activating group) is 1. The number of nitrogens with zero attached hydrogens (tertiary/aromatic N) is 2. The number of carbonyl (C=O) groups is 4. The molecule has 5 rings (SSSR count). The Morgan fingerprint density at radius 3 is 2.71 bits per heavy atom. The third-order valence-corrected chi connectivity index (χ3v) is 8.11. The lowest BCUT2D eigenvalue weighted by molar-refractivity contribution is -0.201. The molecule has 3 amide bonds. The van der Waals surface area contributed by atoms with Gasteiger partial charge in [0.25, 0.3) is 0 Å². The molecule has 0 spiro atoms. The molecule has 3 aliphatic heterocycles. The van der Waals surface area contributed by atoms with Crippen molar-refractivity contribution in [3.05, 3.63) is 41.5 Å². The molecule has 1 saturated carbocycles. The van der Waals surface area contributed by atoms with Crippen molar-refractivity contribution in [1.82, 2.24) is 20.6 Å². The van der Waals surface area contributed by atoms with Crippen molar-refractivity contribution in [2.75, 3.05) is 34.0 Å². The van der Waals surface area contributed by atoms with Gasteiger partial charge in [0.15, 0.2) is 6.04 Å². The third-order valence-electron chi connectivity index (χ3n) is 8.11. The van der Waals surface area contributed by atoms with Gasteiger partial charge in [0.2, 0.25) is 17.7 Å². The molecule has 4 fully saturated rings. The molecule has 0 radical (unpaired) electrons. The average Bonchev–Trinajstić information content (AvgIpc) is 3.58. The molecule has 42 heavy (non-hydrogen) atoms. The normalized spacial score (nSPS) is 31.3. The maximum Gasteiger partial charge on any atom is 0.327 e. The predicted octanol–water partition coefficient (Wildman–Crippen LogP) is -1.70. The SMILES string of the molecule is CC(O)C(NC(=O)C12CC3OC(=O)C1N(Cc1cccc(C=CC(=O)N(C)C)c1)OC2C1OCOC31)C(=O)NCCO. The van der Waals surface area contributed by atoms with E-state index in [1.807, 2.05) is 18.2 Å². The minimum Gasteiger partial charge on any atom is -0.458 e. The molecule has 8 atom stereocenters. The number of carbonyl (C=O) groups excluding carboxylic acids is 4. The number of esters is 1. The lowest BCUT2D eigenvalue weighted by atomic mass is 9.62. The minimum absolute atomic E-state index is 0.0567. The summed E-state index contributed by atoms with van der Waals surface area (Å²) in [6.45, 7) is 1.00. The van der Waals surface area contributed by atoms with Crippen molar-refractivity contribution in [2.24, 2.45) is 5.41 Å². The fourth-order valence-corrected chi connectivity index (χ4v) is 6.09. The van der Waals surface area contributed by atoms with Gasteiger partial charge in [-0.05, 0) is 24.1 Å². The number of amides is 3. The van der Waals surface area contributed by atoms with Crippen LogP contribution in [0.2, 0.25) is 0 Å². The summed E-state index contributed by atoms with van der Waals surface area (Å²) in [5, 5.41) is 25.9. The molecule has 2 bridgehead atoms. The lowest BCUT2D eigenvalue weighted by Crippen LogP contribution is -2.71. The van der Waals surface area contributed by atoms with E-state index in [-0.39, 0.29) is 38.8 Å². The van der Waals surface area contributed by atoms with E-state index in [4.69, 9.17) is 24.2 Å². The summed E-state index contributed by atoms with van der Waals surface area (Å²) in [4.78, 5) is 60.2. The van der Waals surface area contributed by atoms with E-state index < -0.39 is 65.8 Å². The van der Waals surface area contributed by atoms with Crippen molar-refractivity contribution in [2.45, 2.75) is 62.5 Å². The first-order chi connectivity index (χ1) is 20.1. The molecule has 8 unspecified atom stereocenters. The van der Waals surface area contributed by atoms with E-state index in [9.17, 15) is 24.3 Å². The molecule has 228 valence electrons. The third kappa shape index (κ3) is 5.41. The maximum atomic E-state index is 14.2. The Morgan fingerprint density at radius 2 is 2.00 bits per heavy atom. The Labute approximate surface area is 242 Å². The number of rotatable bonds is 10. The van der Waals surface area contributed by atoms with E-state index in [1.165, 1.54) is 23.0 Å². The molecule has 3 saturated heterocycles. The Morgan fingerprint density at radius 1 is 1.24 bits per heavy atom. The van der Waals surface area contributed by atoms with E-state index in [2.05, 4.69) is 10.6 Å². The van der Waals surface area contributed by atoms with Gasteiger partial charge >= 0.3 is 5.97 Å². The van der Waals surface area contributed by atoms with E-state index in [0.717, 1.165) is 11.1 Å². The van der Waals surface area contributed by atoms with Gasteiger partial charge < -0.3 is 40.0 Å². The van der Waals surface area contributed by atoms with Crippen LogP contribution < -0.4 is 10.6 Å². The molecule has 1 aromatic rings. The molecule has 14 heteroatoms. The van der Waals surface area contributed by atoms with Gasteiger partial charge in [0.05, 0.1) is 19.3 Å². The highest BCUT2D eigenvalue weighted by Gasteiger charge is 2.74. The molecule has 4 N–H and O–H groups in total. The fourth-order valence-electron chi connectivity index (χ4n) is 6.09. The zero-order chi connectivity index (χ0) is 30.2. The Hall–Kier alpha value is -3.40. The van der Waals surface area contributed by atoms with Crippen LogP contribution >= 0.6 is 0 Å². The highest BCUT2D eigenvalue weighted by atomic mass is 16.8. The van der Waals surface area contributed by atoms with Crippen molar-refractivity contribution >= 4 is 29.8 Å². The fraction of sp³-hybridized carbons (Fsp3) is 0.571. The second kappa shape index (κ2) is 12.1. The summed E-state index contributed by atoms with van der Waals surface area (Å²) in [7, 11) is 3.31. The zero-order valence-corrected chi connectivity index (χ0v) is 23.6. The van der Waals surface area contributed by atoms with E-state index >= 15 is 0 Å². The second-order valence-corrected chi connectivity index (χ2v) is 11.1. The van der Waals surface area contributed by atoms with Crippen LogP contribution in [0.3, 0.4) is 0 Å². The number of hydroxylamine groups is 2. The smallest absolute Gasteiger partial charge is 0.327 e. The minimum atomic E-state index is -1.52. The number of ether oxygens (including phenoxy) is 3. The van der Waals surface area contributed by atoms with Gasteiger partial charge in [-0.3, -0.25) is 24.0 Å². The Balaban J connectivity index is 1.45. The maximum absolute atomic E-state index is 14.2. The number of aliphatic hydroxyl groups excluding tert-OH is 2. The Kier molecular flexibility index (Phi) is 8.64. The number of fused-ring (bicyclic) bond motifs is 4. The van der Waals surface area contributed by atoms with Gasteiger partial charge in [-0.25, -0.2) is 0 Å². The molecule has 0 aromatic heterocycles. The van der Waals surface area contributed by atoms with Gasteiger partial charge in [-0.1, -0.05) is 24.3 Å². The lowest BCUT2D eigenvalue weighted by Gasteiger charge is -2.49. The standard InChI is InChI=1S/C28H36N4O10/c1-15(34)20(25(36)29-9-10-33)30-27(38)28-12-18-21-22(40-14-39-21)24(28)42-32(23(28)26(37)41-18)13-17-6-4-5-16(11-17)7-8-19(35)31(2)3/h4-8,11,15,18,20-24,33-34H,9-10,12-14H2,1-3H3,(H,29,36)(H,30,38). The number of aliphatic hydroxyl groups is 2. The van der Waals surface area contributed by atoms with Crippen LogP contribution in [0.5, 0.6) is 0 Å². The summed E-state index contributed by atoms with van der Waals surface area (Å²) < 4.78 is 17.3.